The molecule has 1 aromatic carbocycles. The maximum absolute atomic E-state index is 5.78. The molecule has 2 aromatic rings. The fraction of sp³-hybridized carbons (Fsp3) is 0.357. The van der Waals surface area contributed by atoms with Crippen LogP contribution in [0.1, 0.15) is 35.3 Å². The number of rotatable bonds is 5. The van der Waals surface area contributed by atoms with Crippen molar-refractivity contribution in [1.29, 1.82) is 0 Å². The second kappa shape index (κ2) is 6.88. The first-order valence-electron chi connectivity index (χ1n) is 6.17. The zero-order valence-electron chi connectivity index (χ0n) is 11.0. The van der Waals surface area contributed by atoms with Gasteiger partial charge in [0.15, 0.2) is 0 Å². The number of halogens is 1. The summed E-state index contributed by atoms with van der Waals surface area (Å²) in [6, 6.07) is 8.37. The van der Waals surface area contributed by atoms with Gasteiger partial charge in [-0.3, -0.25) is 0 Å². The predicted molar refractivity (Wildman–Crippen MR) is 87.8 cm³/mol. The fourth-order valence-electron chi connectivity index (χ4n) is 1.75. The molecule has 0 fully saturated rings. The Balaban J connectivity index is 2.05. The van der Waals surface area contributed by atoms with Crippen molar-refractivity contribution in [1.82, 2.24) is 4.98 Å². The molecule has 2 rings (SSSR count). The first kappa shape index (κ1) is 15.0. The van der Waals surface area contributed by atoms with Crippen molar-refractivity contribution in [3.05, 3.63) is 44.3 Å². The number of aromatic nitrogens is 1. The van der Waals surface area contributed by atoms with E-state index in [0.29, 0.717) is 12.5 Å². The molecular weight excluding hydrogens is 340 g/mol. The third-order valence-corrected chi connectivity index (χ3v) is 5.51. The quantitative estimate of drug-likeness (QED) is 0.783. The van der Waals surface area contributed by atoms with E-state index in [2.05, 4.69) is 54.0 Å². The zero-order chi connectivity index (χ0) is 13.8. The van der Waals surface area contributed by atoms with Gasteiger partial charge in [0.2, 0.25) is 0 Å². The molecule has 0 aliphatic rings. The lowest BCUT2D eigenvalue weighted by molar-refractivity contribution is 0.808. The number of benzene rings is 1. The Morgan fingerprint density at radius 1 is 1.32 bits per heavy atom. The highest BCUT2D eigenvalue weighted by Crippen LogP contribution is 2.30. The predicted octanol–water partition coefficient (Wildman–Crippen LogP) is 4.78. The molecule has 0 spiro atoms. The minimum absolute atomic E-state index is 0.446. The summed E-state index contributed by atoms with van der Waals surface area (Å²) < 4.78 is 1.11. The summed E-state index contributed by atoms with van der Waals surface area (Å²) in [5, 5.41) is 1.16. The van der Waals surface area contributed by atoms with E-state index in [1.807, 2.05) is 11.8 Å². The number of nitrogens with two attached hydrogens (primary N) is 1. The summed E-state index contributed by atoms with van der Waals surface area (Å²) in [4.78, 5) is 7.21. The van der Waals surface area contributed by atoms with Crippen molar-refractivity contribution < 1.29 is 0 Å². The molecule has 2 N–H and O–H groups in total. The molecule has 0 aliphatic carbocycles. The second-order valence-electron chi connectivity index (χ2n) is 4.52. The van der Waals surface area contributed by atoms with Crippen molar-refractivity contribution in [3.63, 3.8) is 0 Å². The molecule has 2 nitrogen and oxygen atoms in total. The minimum atomic E-state index is 0.446. The zero-order valence-corrected chi connectivity index (χ0v) is 14.2. The van der Waals surface area contributed by atoms with Gasteiger partial charge < -0.3 is 5.73 Å². The topological polar surface area (TPSA) is 38.9 Å². The number of thioether (sulfide) groups is 1. The van der Waals surface area contributed by atoms with Gasteiger partial charge in [-0.05, 0) is 30.2 Å². The summed E-state index contributed by atoms with van der Waals surface area (Å²) in [7, 11) is 0. The first-order valence-corrected chi connectivity index (χ1v) is 8.76. The maximum atomic E-state index is 5.78. The second-order valence-corrected chi connectivity index (χ2v) is 7.65. The van der Waals surface area contributed by atoms with Crippen LogP contribution in [0.25, 0.3) is 0 Å². The van der Waals surface area contributed by atoms with Crippen LogP contribution in [0.4, 0.5) is 0 Å². The van der Waals surface area contributed by atoms with E-state index in [1.165, 1.54) is 15.5 Å². The average molecular weight is 357 g/mol. The van der Waals surface area contributed by atoms with Crippen LogP contribution in [0.2, 0.25) is 0 Å². The third kappa shape index (κ3) is 4.05. The highest BCUT2D eigenvalue weighted by Gasteiger charge is 2.13. The summed E-state index contributed by atoms with van der Waals surface area (Å²) in [6.07, 6.45) is 0. The smallest absolute Gasteiger partial charge is 0.103 e. The molecule has 0 atom stereocenters. The third-order valence-electron chi connectivity index (χ3n) is 2.68. The Hall–Kier alpha value is -0.360. The Bertz CT molecular complexity index is 535. The highest BCUT2D eigenvalue weighted by molar-refractivity contribution is 9.10. The van der Waals surface area contributed by atoms with Crippen molar-refractivity contribution in [3.8, 4) is 0 Å². The summed E-state index contributed by atoms with van der Waals surface area (Å²) in [5.74, 6) is 1.35. The van der Waals surface area contributed by atoms with Gasteiger partial charge in [0, 0.05) is 20.8 Å². The van der Waals surface area contributed by atoms with Gasteiger partial charge in [0.25, 0.3) is 0 Å². The number of nitrogens with zero attached hydrogens (tertiary/aromatic N) is 1. The molecule has 102 valence electrons. The van der Waals surface area contributed by atoms with Crippen molar-refractivity contribution >= 4 is 39.0 Å². The fourth-order valence-corrected chi connectivity index (χ4v) is 4.01. The summed E-state index contributed by atoms with van der Waals surface area (Å²) >= 11 is 7.00. The van der Waals surface area contributed by atoms with Crippen LogP contribution in [0.15, 0.2) is 33.6 Å². The Kier molecular flexibility index (Phi) is 5.45. The van der Waals surface area contributed by atoms with Gasteiger partial charge in [0.05, 0.1) is 11.4 Å². The lowest BCUT2D eigenvalue weighted by atomic mass is 10.1. The number of hydrogen-bond donors (Lipinski definition) is 1. The SMILES string of the molecule is CC(C)c1nc(CSc2ccc(Br)cc2)sc1CN. The standard InChI is InChI=1S/C14H17BrN2S2/c1-9(2)14-12(7-16)19-13(17-14)8-18-11-5-3-10(15)4-6-11/h3-6,9H,7-8,16H2,1-2H3. The molecule has 1 aromatic heterocycles. The molecule has 0 amide bonds. The molecule has 0 saturated carbocycles. The molecule has 19 heavy (non-hydrogen) atoms. The Labute approximate surface area is 131 Å². The van der Waals surface area contributed by atoms with Gasteiger partial charge in [-0.15, -0.1) is 23.1 Å². The van der Waals surface area contributed by atoms with Gasteiger partial charge >= 0.3 is 0 Å². The number of hydrogen-bond acceptors (Lipinski definition) is 4. The van der Waals surface area contributed by atoms with Gasteiger partial charge in [0.1, 0.15) is 5.01 Å². The maximum Gasteiger partial charge on any atom is 0.103 e. The van der Waals surface area contributed by atoms with Gasteiger partial charge in [-0.2, -0.15) is 0 Å². The average Bonchev–Trinajstić information content (AvgIpc) is 2.81. The summed E-state index contributed by atoms with van der Waals surface area (Å²) in [6.45, 7) is 4.92. The van der Waals surface area contributed by atoms with Crippen LogP contribution in [-0.2, 0) is 12.3 Å². The van der Waals surface area contributed by atoms with Crippen LogP contribution >= 0.6 is 39.0 Å². The molecule has 0 unspecified atom stereocenters. The Morgan fingerprint density at radius 2 is 2.00 bits per heavy atom. The largest absolute Gasteiger partial charge is 0.326 e. The number of thiazole rings is 1. The van der Waals surface area contributed by atoms with Crippen LogP contribution < -0.4 is 5.73 Å². The van der Waals surface area contributed by atoms with E-state index in [-0.39, 0.29) is 0 Å². The molecule has 0 bridgehead atoms. The first-order chi connectivity index (χ1) is 9.10. The molecule has 0 aliphatic heterocycles. The van der Waals surface area contributed by atoms with Crippen molar-refractivity contribution in [2.45, 2.75) is 37.0 Å². The normalized spacial score (nSPS) is 11.2. The van der Waals surface area contributed by atoms with E-state index in [0.717, 1.165) is 15.2 Å². The van der Waals surface area contributed by atoms with E-state index in [1.54, 1.807) is 11.3 Å². The Morgan fingerprint density at radius 3 is 2.53 bits per heavy atom. The van der Waals surface area contributed by atoms with Gasteiger partial charge in [-0.25, -0.2) is 4.98 Å². The molecule has 5 heteroatoms. The van der Waals surface area contributed by atoms with E-state index in [9.17, 15) is 0 Å². The van der Waals surface area contributed by atoms with E-state index >= 15 is 0 Å². The van der Waals surface area contributed by atoms with Crippen LogP contribution in [-0.4, -0.2) is 4.98 Å². The lowest BCUT2D eigenvalue weighted by Gasteiger charge is -2.01. The van der Waals surface area contributed by atoms with E-state index < -0.39 is 0 Å². The van der Waals surface area contributed by atoms with Crippen LogP contribution in [0.3, 0.4) is 0 Å². The van der Waals surface area contributed by atoms with E-state index in [4.69, 9.17) is 10.7 Å². The minimum Gasteiger partial charge on any atom is -0.326 e. The highest BCUT2D eigenvalue weighted by atomic mass is 79.9. The van der Waals surface area contributed by atoms with Crippen molar-refractivity contribution in [2.24, 2.45) is 5.73 Å². The monoisotopic (exact) mass is 356 g/mol. The lowest BCUT2D eigenvalue weighted by Crippen LogP contribution is -1.99. The molecular formula is C14H17BrN2S2. The van der Waals surface area contributed by atoms with Crippen LogP contribution in [0, 0.1) is 0 Å². The molecule has 1 heterocycles. The molecule has 0 radical (unpaired) electrons. The van der Waals surface area contributed by atoms with Crippen LogP contribution in [0.5, 0.6) is 0 Å². The molecule has 0 saturated heterocycles. The van der Waals surface area contributed by atoms with Crippen molar-refractivity contribution in [2.75, 3.05) is 0 Å². The summed E-state index contributed by atoms with van der Waals surface area (Å²) in [5.41, 5.74) is 6.95. The van der Waals surface area contributed by atoms with Gasteiger partial charge in [-0.1, -0.05) is 29.8 Å².